The van der Waals surface area contributed by atoms with Crippen LogP contribution in [0.15, 0.2) is 18.3 Å². The van der Waals surface area contributed by atoms with Crippen molar-refractivity contribution in [1.82, 2.24) is 10.3 Å². The largest absolute Gasteiger partial charge is 0.381 e. The zero-order chi connectivity index (χ0) is 11.4. The van der Waals surface area contributed by atoms with E-state index in [2.05, 4.69) is 29.4 Å². The first-order valence-corrected chi connectivity index (χ1v) is 5.96. The first kappa shape index (κ1) is 11.6. The van der Waals surface area contributed by atoms with E-state index in [1.165, 1.54) is 5.56 Å². The van der Waals surface area contributed by atoms with E-state index in [1.807, 2.05) is 13.2 Å². The second-order valence-corrected chi connectivity index (χ2v) is 4.55. The minimum Gasteiger partial charge on any atom is -0.381 e. The number of nitrogens with one attached hydrogen (secondary N) is 1. The molecule has 1 aliphatic heterocycles. The summed E-state index contributed by atoms with van der Waals surface area (Å²) >= 11 is 0. The molecule has 0 spiro atoms. The van der Waals surface area contributed by atoms with Gasteiger partial charge in [0.1, 0.15) is 0 Å². The number of hydrogen-bond acceptors (Lipinski definition) is 3. The molecule has 2 heterocycles. The highest BCUT2D eigenvalue weighted by atomic mass is 16.5. The van der Waals surface area contributed by atoms with E-state index in [1.54, 1.807) is 0 Å². The molecule has 0 saturated carbocycles. The molecule has 3 nitrogen and oxygen atoms in total. The van der Waals surface area contributed by atoms with Crippen LogP contribution in [-0.2, 0) is 11.2 Å². The van der Waals surface area contributed by atoms with E-state index in [9.17, 15) is 0 Å². The van der Waals surface area contributed by atoms with Crippen LogP contribution in [-0.4, -0.2) is 31.3 Å². The van der Waals surface area contributed by atoms with Gasteiger partial charge in [-0.1, -0.05) is 6.07 Å². The van der Waals surface area contributed by atoms with Crippen LogP contribution in [0, 0.1) is 12.8 Å². The average Bonchev–Trinajstić information content (AvgIpc) is 2.82. The molecule has 1 aromatic rings. The number of aromatic nitrogens is 1. The average molecular weight is 220 g/mol. The van der Waals surface area contributed by atoms with Gasteiger partial charge in [0.25, 0.3) is 0 Å². The highest BCUT2D eigenvalue weighted by Crippen LogP contribution is 2.19. The minimum absolute atomic E-state index is 0.484. The molecule has 1 aromatic heterocycles. The summed E-state index contributed by atoms with van der Waals surface area (Å²) < 4.78 is 5.44. The molecule has 2 rings (SSSR count). The van der Waals surface area contributed by atoms with Gasteiger partial charge in [-0.25, -0.2) is 0 Å². The molecule has 2 atom stereocenters. The van der Waals surface area contributed by atoms with Gasteiger partial charge in [0.05, 0.1) is 6.61 Å². The molecule has 1 aliphatic rings. The third-order valence-corrected chi connectivity index (χ3v) is 3.31. The number of rotatable bonds is 4. The standard InChI is InChI=1S/C13H20N2O/c1-10-3-4-12(15-8-10)7-13(14-2)11-5-6-16-9-11/h3-4,8,11,13-14H,5-7,9H2,1-2H3. The summed E-state index contributed by atoms with van der Waals surface area (Å²) in [6.45, 7) is 3.86. The molecule has 2 unspecified atom stereocenters. The van der Waals surface area contributed by atoms with Crippen molar-refractivity contribution in [2.24, 2.45) is 5.92 Å². The number of likely N-dealkylation sites (N-methyl/N-ethyl adjacent to an activating group) is 1. The van der Waals surface area contributed by atoms with Gasteiger partial charge in [-0.2, -0.15) is 0 Å². The predicted octanol–water partition coefficient (Wildman–Crippen LogP) is 1.56. The third kappa shape index (κ3) is 2.80. The summed E-state index contributed by atoms with van der Waals surface area (Å²) in [6, 6.07) is 4.73. The monoisotopic (exact) mass is 220 g/mol. The predicted molar refractivity (Wildman–Crippen MR) is 64.5 cm³/mol. The van der Waals surface area contributed by atoms with Gasteiger partial charge in [0, 0.05) is 36.9 Å². The van der Waals surface area contributed by atoms with E-state index in [0.717, 1.165) is 31.7 Å². The Bertz CT molecular complexity index is 317. The van der Waals surface area contributed by atoms with Crippen molar-refractivity contribution in [3.05, 3.63) is 29.6 Å². The normalized spacial score (nSPS) is 22.2. The molecule has 0 aromatic carbocycles. The zero-order valence-electron chi connectivity index (χ0n) is 10.1. The quantitative estimate of drug-likeness (QED) is 0.836. The van der Waals surface area contributed by atoms with E-state index < -0.39 is 0 Å². The van der Waals surface area contributed by atoms with E-state index in [0.29, 0.717) is 12.0 Å². The Kier molecular flexibility index (Phi) is 3.91. The highest BCUT2D eigenvalue weighted by Gasteiger charge is 2.24. The van der Waals surface area contributed by atoms with Crippen molar-refractivity contribution < 1.29 is 4.74 Å². The maximum atomic E-state index is 5.44. The van der Waals surface area contributed by atoms with E-state index in [4.69, 9.17) is 4.74 Å². The summed E-state index contributed by atoms with van der Waals surface area (Å²) in [4.78, 5) is 4.46. The van der Waals surface area contributed by atoms with Gasteiger partial charge in [0.15, 0.2) is 0 Å². The van der Waals surface area contributed by atoms with Gasteiger partial charge in [-0.15, -0.1) is 0 Å². The highest BCUT2D eigenvalue weighted by molar-refractivity contribution is 5.13. The van der Waals surface area contributed by atoms with Crippen LogP contribution in [0.3, 0.4) is 0 Å². The van der Waals surface area contributed by atoms with Crippen molar-refractivity contribution in [2.75, 3.05) is 20.3 Å². The smallest absolute Gasteiger partial charge is 0.0510 e. The van der Waals surface area contributed by atoms with Crippen LogP contribution in [0.2, 0.25) is 0 Å². The van der Waals surface area contributed by atoms with Crippen LogP contribution >= 0.6 is 0 Å². The van der Waals surface area contributed by atoms with Crippen molar-refractivity contribution >= 4 is 0 Å². The molecular weight excluding hydrogens is 200 g/mol. The molecule has 3 heteroatoms. The number of hydrogen-bond donors (Lipinski definition) is 1. The van der Waals surface area contributed by atoms with Gasteiger partial charge >= 0.3 is 0 Å². The molecule has 1 fully saturated rings. The topological polar surface area (TPSA) is 34.2 Å². The molecule has 16 heavy (non-hydrogen) atoms. The lowest BCUT2D eigenvalue weighted by molar-refractivity contribution is 0.177. The summed E-state index contributed by atoms with van der Waals surface area (Å²) in [6.07, 6.45) is 4.09. The van der Waals surface area contributed by atoms with Gasteiger partial charge in [-0.3, -0.25) is 4.98 Å². The lowest BCUT2D eigenvalue weighted by Gasteiger charge is -2.21. The molecule has 0 amide bonds. The number of pyridine rings is 1. The fraction of sp³-hybridized carbons (Fsp3) is 0.615. The third-order valence-electron chi connectivity index (χ3n) is 3.31. The number of aryl methyl sites for hydroxylation is 1. The first-order valence-electron chi connectivity index (χ1n) is 5.96. The van der Waals surface area contributed by atoms with Crippen molar-refractivity contribution in [3.8, 4) is 0 Å². The van der Waals surface area contributed by atoms with Crippen molar-refractivity contribution in [2.45, 2.75) is 25.8 Å². The lowest BCUT2D eigenvalue weighted by atomic mass is 9.95. The first-order chi connectivity index (χ1) is 7.79. The molecule has 1 saturated heterocycles. The molecular formula is C13H20N2O. The molecule has 88 valence electrons. The fourth-order valence-corrected chi connectivity index (χ4v) is 2.22. The van der Waals surface area contributed by atoms with Gasteiger partial charge < -0.3 is 10.1 Å². The second kappa shape index (κ2) is 5.41. The minimum atomic E-state index is 0.484. The van der Waals surface area contributed by atoms with Crippen LogP contribution in [0.25, 0.3) is 0 Å². The Hall–Kier alpha value is -0.930. The molecule has 0 radical (unpaired) electrons. The molecule has 1 N–H and O–H groups in total. The van der Waals surface area contributed by atoms with Crippen LogP contribution < -0.4 is 5.32 Å². The Balaban J connectivity index is 1.97. The van der Waals surface area contributed by atoms with Crippen molar-refractivity contribution in [1.29, 1.82) is 0 Å². The summed E-state index contributed by atoms with van der Waals surface area (Å²) in [5.74, 6) is 0.633. The maximum absolute atomic E-state index is 5.44. The van der Waals surface area contributed by atoms with E-state index >= 15 is 0 Å². The summed E-state index contributed by atoms with van der Waals surface area (Å²) in [7, 11) is 2.02. The molecule has 0 bridgehead atoms. The van der Waals surface area contributed by atoms with Gasteiger partial charge in [0.2, 0.25) is 0 Å². The Morgan fingerprint density at radius 1 is 1.56 bits per heavy atom. The second-order valence-electron chi connectivity index (χ2n) is 4.55. The number of ether oxygens (including phenoxy) is 1. The summed E-state index contributed by atoms with van der Waals surface area (Å²) in [5.41, 5.74) is 2.38. The van der Waals surface area contributed by atoms with Gasteiger partial charge in [-0.05, 0) is 32.0 Å². The van der Waals surface area contributed by atoms with Crippen LogP contribution in [0.5, 0.6) is 0 Å². The Morgan fingerprint density at radius 2 is 2.44 bits per heavy atom. The lowest BCUT2D eigenvalue weighted by Crippen LogP contribution is -2.36. The zero-order valence-corrected chi connectivity index (χ0v) is 10.1. The SMILES string of the molecule is CNC(Cc1ccc(C)cn1)C1CCOC1. The van der Waals surface area contributed by atoms with E-state index in [-0.39, 0.29) is 0 Å². The number of nitrogens with zero attached hydrogens (tertiary/aromatic N) is 1. The maximum Gasteiger partial charge on any atom is 0.0510 e. The molecule has 0 aliphatic carbocycles. The van der Waals surface area contributed by atoms with Crippen molar-refractivity contribution in [3.63, 3.8) is 0 Å². The summed E-state index contributed by atoms with van der Waals surface area (Å²) in [5, 5.41) is 3.39. The van der Waals surface area contributed by atoms with Crippen LogP contribution in [0.1, 0.15) is 17.7 Å². The Morgan fingerprint density at radius 3 is 3.00 bits per heavy atom. The van der Waals surface area contributed by atoms with Crippen LogP contribution in [0.4, 0.5) is 0 Å². The Labute approximate surface area is 97.2 Å². The fourth-order valence-electron chi connectivity index (χ4n) is 2.22.